The Morgan fingerprint density at radius 1 is 1.16 bits per heavy atom. The number of unbranched alkanes of at least 4 members (excludes halogenated alkanes) is 3. The fraction of sp³-hybridized carbons (Fsp3) is 0.600. The molecule has 2 rings (SSSR count). The minimum absolute atomic E-state index is 0.0667. The number of hydrogen-bond donors (Lipinski definition) is 2. The van der Waals surface area contributed by atoms with Gasteiger partial charge in [-0.1, -0.05) is 12.8 Å². The third kappa shape index (κ3) is 6.35. The molecule has 1 heterocycles. The van der Waals surface area contributed by atoms with Gasteiger partial charge in [0.15, 0.2) is 5.71 Å². The maximum atomic E-state index is 12.1. The molecule has 32 heavy (non-hydrogen) atoms. The predicted octanol–water partition coefficient (Wildman–Crippen LogP) is 2.00. The SMILES string of the molecule is CC1=[N+](CCCCS(=O)(=O)[O-])c2ccc(S(=O)(=O)ON)cc2C1(C)CCCCCC(=O)O. The summed E-state index contributed by atoms with van der Waals surface area (Å²) in [5, 5.41) is 8.82. The molecule has 0 fully saturated rings. The van der Waals surface area contributed by atoms with Gasteiger partial charge in [-0.3, -0.25) is 4.79 Å². The molecule has 0 aliphatic carbocycles. The zero-order valence-corrected chi connectivity index (χ0v) is 19.9. The van der Waals surface area contributed by atoms with E-state index in [0.29, 0.717) is 25.8 Å². The Hall–Kier alpha value is -1.86. The molecule has 1 aliphatic rings. The van der Waals surface area contributed by atoms with Crippen LogP contribution in [0.3, 0.4) is 0 Å². The van der Waals surface area contributed by atoms with Crippen molar-refractivity contribution in [3.63, 3.8) is 0 Å². The summed E-state index contributed by atoms with van der Waals surface area (Å²) in [7, 11) is -8.37. The number of nitrogens with two attached hydrogens (primary N) is 1. The van der Waals surface area contributed by atoms with Crippen LogP contribution in [0.5, 0.6) is 0 Å². The number of nitrogens with zero attached hydrogens (tertiary/aromatic N) is 1. The van der Waals surface area contributed by atoms with Gasteiger partial charge in [0, 0.05) is 37.1 Å². The standard InChI is InChI=1S/C20H30N2O8S2/c1-15-20(2,11-5-3-4-8-19(23)24)17-14-16(32(28,29)30-21)9-10-18(17)22(15)12-6-7-13-31(25,26)27/h9-10,14H,3-8,11-13,21H2,1-2H3,(H-,23,24,25,26,27). The topological polar surface area (TPSA) is 167 Å². The van der Waals surface area contributed by atoms with Gasteiger partial charge in [0.05, 0.1) is 20.4 Å². The van der Waals surface area contributed by atoms with Crippen LogP contribution in [-0.4, -0.2) is 55.0 Å². The number of carboxylic acids is 1. The molecule has 0 spiro atoms. The van der Waals surface area contributed by atoms with E-state index in [9.17, 15) is 26.2 Å². The average Bonchev–Trinajstić information content (AvgIpc) is 2.91. The molecule has 1 atom stereocenters. The van der Waals surface area contributed by atoms with Crippen molar-refractivity contribution in [2.45, 2.75) is 69.1 Å². The first-order valence-corrected chi connectivity index (χ1v) is 13.4. The molecular formula is C20H30N2O8S2. The van der Waals surface area contributed by atoms with E-state index in [1.807, 2.05) is 18.4 Å². The number of fused-ring (bicyclic) bond motifs is 1. The number of carbonyl (C=O) groups is 1. The number of carboxylic acid groups (broad SMARTS) is 1. The van der Waals surface area contributed by atoms with Gasteiger partial charge < -0.3 is 9.66 Å². The molecule has 180 valence electrons. The van der Waals surface area contributed by atoms with Crippen molar-refractivity contribution in [1.82, 2.24) is 0 Å². The fourth-order valence-corrected chi connectivity index (χ4v) is 5.33. The van der Waals surface area contributed by atoms with Crippen LogP contribution >= 0.6 is 0 Å². The lowest BCUT2D eigenvalue weighted by atomic mass is 9.76. The van der Waals surface area contributed by atoms with E-state index in [2.05, 4.69) is 4.28 Å². The Bertz CT molecular complexity index is 1100. The molecule has 1 unspecified atom stereocenters. The third-order valence-electron chi connectivity index (χ3n) is 6.07. The highest BCUT2D eigenvalue weighted by Gasteiger charge is 2.46. The zero-order chi connectivity index (χ0) is 24.2. The second-order valence-corrected chi connectivity index (χ2v) is 11.3. The van der Waals surface area contributed by atoms with Crippen LogP contribution in [0.4, 0.5) is 5.69 Å². The van der Waals surface area contributed by atoms with Gasteiger partial charge in [0.2, 0.25) is 5.69 Å². The van der Waals surface area contributed by atoms with Gasteiger partial charge >= 0.3 is 16.1 Å². The fourth-order valence-electron chi connectivity index (χ4n) is 4.16. The lowest BCUT2D eigenvalue weighted by molar-refractivity contribution is -0.439. The van der Waals surface area contributed by atoms with Crippen LogP contribution in [0.25, 0.3) is 0 Å². The Kier molecular flexibility index (Phi) is 8.56. The lowest BCUT2D eigenvalue weighted by Crippen LogP contribution is -2.30. The summed E-state index contributed by atoms with van der Waals surface area (Å²) in [5.74, 6) is 3.66. The first-order valence-electron chi connectivity index (χ1n) is 10.4. The van der Waals surface area contributed by atoms with Crippen molar-refractivity contribution in [3.8, 4) is 0 Å². The normalized spacial score (nSPS) is 18.8. The molecule has 0 aromatic heterocycles. The van der Waals surface area contributed by atoms with Gasteiger partial charge in [-0.2, -0.15) is 23.2 Å². The van der Waals surface area contributed by atoms with E-state index in [4.69, 9.17) is 11.0 Å². The summed E-state index contributed by atoms with van der Waals surface area (Å²) < 4.78 is 63.1. The number of aliphatic carboxylic acids is 1. The molecular weight excluding hydrogens is 460 g/mol. The second-order valence-electron chi connectivity index (χ2n) is 8.22. The van der Waals surface area contributed by atoms with Gasteiger partial charge in [-0.15, -0.1) is 0 Å². The van der Waals surface area contributed by atoms with E-state index >= 15 is 0 Å². The van der Waals surface area contributed by atoms with Crippen LogP contribution in [0.1, 0.15) is 64.4 Å². The Morgan fingerprint density at radius 2 is 1.84 bits per heavy atom. The van der Waals surface area contributed by atoms with Crippen molar-refractivity contribution in [2.24, 2.45) is 5.90 Å². The van der Waals surface area contributed by atoms with Crippen LogP contribution < -0.4 is 5.90 Å². The molecule has 10 nitrogen and oxygen atoms in total. The largest absolute Gasteiger partial charge is 0.748 e. The van der Waals surface area contributed by atoms with E-state index in [-0.39, 0.29) is 17.7 Å². The summed E-state index contributed by atoms with van der Waals surface area (Å²) in [6.45, 7) is 4.41. The lowest BCUT2D eigenvalue weighted by Gasteiger charge is -2.22. The molecule has 3 N–H and O–H groups in total. The van der Waals surface area contributed by atoms with E-state index in [0.717, 1.165) is 29.8 Å². The van der Waals surface area contributed by atoms with Crippen LogP contribution in [0, 0.1) is 0 Å². The van der Waals surface area contributed by atoms with Crippen molar-refractivity contribution in [2.75, 3.05) is 12.3 Å². The maximum absolute atomic E-state index is 12.1. The number of hydrogen-bond acceptors (Lipinski definition) is 8. The van der Waals surface area contributed by atoms with Gasteiger partial charge in [-0.25, -0.2) is 8.42 Å². The number of rotatable bonds is 13. The van der Waals surface area contributed by atoms with Crippen molar-refractivity contribution in [1.29, 1.82) is 0 Å². The summed E-state index contributed by atoms with van der Waals surface area (Å²) in [5.41, 5.74) is 2.04. The van der Waals surface area contributed by atoms with E-state index < -0.39 is 37.4 Å². The van der Waals surface area contributed by atoms with E-state index in [1.54, 1.807) is 12.1 Å². The van der Waals surface area contributed by atoms with Crippen LogP contribution in [0.15, 0.2) is 23.1 Å². The molecule has 12 heteroatoms. The molecule has 1 aromatic rings. The summed E-state index contributed by atoms with van der Waals surface area (Å²) in [6.07, 6.45) is 3.48. The summed E-state index contributed by atoms with van der Waals surface area (Å²) >= 11 is 0. The first kappa shape index (κ1) is 26.4. The second kappa shape index (κ2) is 10.4. The summed E-state index contributed by atoms with van der Waals surface area (Å²) in [4.78, 5) is 10.7. The van der Waals surface area contributed by atoms with Crippen molar-refractivity contribution < 1.29 is 40.1 Å². The van der Waals surface area contributed by atoms with Crippen LogP contribution in [0.2, 0.25) is 0 Å². The zero-order valence-electron chi connectivity index (χ0n) is 18.2. The van der Waals surface area contributed by atoms with Gasteiger partial charge in [0.1, 0.15) is 6.54 Å². The van der Waals surface area contributed by atoms with Gasteiger partial charge in [-0.05, 0) is 38.3 Å². The maximum Gasteiger partial charge on any atom is 0.312 e. The predicted molar refractivity (Wildman–Crippen MR) is 116 cm³/mol. The quantitative estimate of drug-likeness (QED) is 0.182. The average molecular weight is 491 g/mol. The highest BCUT2D eigenvalue weighted by molar-refractivity contribution is 7.86. The third-order valence-corrected chi connectivity index (χ3v) is 7.94. The highest BCUT2D eigenvalue weighted by Crippen LogP contribution is 2.44. The molecule has 0 amide bonds. The molecule has 0 saturated heterocycles. The molecule has 1 aliphatic heterocycles. The summed E-state index contributed by atoms with van der Waals surface area (Å²) in [6, 6.07) is 4.62. The Labute approximate surface area is 188 Å². The minimum Gasteiger partial charge on any atom is -0.748 e. The van der Waals surface area contributed by atoms with E-state index in [1.165, 1.54) is 6.07 Å². The molecule has 0 saturated carbocycles. The molecule has 1 aromatic carbocycles. The number of benzene rings is 1. The smallest absolute Gasteiger partial charge is 0.312 e. The Morgan fingerprint density at radius 3 is 2.44 bits per heavy atom. The molecule has 0 radical (unpaired) electrons. The Balaban J connectivity index is 2.32. The van der Waals surface area contributed by atoms with Crippen LogP contribution in [-0.2, 0) is 34.7 Å². The van der Waals surface area contributed by atoms with Crippen molar-refractivity contribution >= 4 is 37.6 Å². The highest BCUT2D eigenvalue weighted by atomic mass is 32.2. The van der Waals surface area contributed by atoms with Crippen molar-refractivity contribution in [3.05, 3.63) is 23.8 Å². The van der Waals surface area contributed by atoms with Gasteiger partial charge in [0.25, 0.3) is 0 Å². The first-order chi connectivity index (χ1) is 14.8. The monoisotopic (exact) mass is 490 g/mol. The minimum atomic E-state index is -4.27. The molecule has 0 bridgehead atoms.